The summed E-state index contributed by atoms with van der Waals surface area (Å²) in [5, 5.41) is 2.82. The van der Waals surface area contributed by atoms with E-state index in [0.29, 0.717) is 0 Å². The van der Waals surface area contributed by atoms with E-state index in [4.69, 9.17) is 0 Å². The number of anilines is 1. The fourth-order valence-corrected chi connectivity index (χ4v) is 2.39. The van der Waals surface area contributed by atoms with Gasteiger partial charge >= 0.3 is 24.0 Å². The molecule has 0 saturated heterocycles. The summed E-state index contributed by atoms with van der Waals surface area (Å²) >= 11 is 0. The predicted octanol–water partition coefficient (Wildman–Crippen LogP) is 3.41. The van der Waals surface area contributed by atoms with Crippen molar-refractivity contribution < 1.29 is 40.7 Å². The van der Waals surface area contributed by atoms with Crippen LogP contribution in [0.4, 0.5) is 32.2 Å². The SMILES string of the molecule is CCOC(=O)C(NC(=O)CC)(Nc1nc2ccccc2nc1C(F)(F)F)C(F)(F)F. The Balaban J connectivity index is 2.76. The Labute approximate surface area is 165 Å². The number of hydrogen-bond donors (Lipinski definition) is 2. The van der Waals surface area contributed by atoms with Crippen LogP contribution in [0, 0.1) is 0 Å². The Kier molecular flexibility index (Phi) is 6.42. The van der Waals surface area contributed by atoms with Crippen molar-refractivity contribution in [2.45, 2.75) is 38.3 Å². The highest BCUT2D eigenvalue weighted by atomic mass is 19.4. The van der Waals surface area contributed by atoms with Crippen molar-refractivity contribution in [2.24, 2.45) is 0 Å². The van der Waals surface area contributed by atoms with Crippen molar-refractivity contribution in [3.63, 3.8) is 0 Å². The second-order valence-electron chi connectivity index (χ2n) is 5.90. The third kappa shape index (κ3) is 4.54. The van der Waals surface area contributed by atoms with Gasteiger partial charge in [-0.2, -0.15) is 26.3 Å². The first-order chi connectivity index (χ1) is 13.9. The van der Waals surface area contributed by atoms with Crippen LogP contribution in [0.3, 0.4) is 0 Å². The zero-order chi connectivity index (χ0) is 22.7. The largest absolute Gasteiger partial charge is 0.463 e. The molecular formula is C17H16F6N4O3. The number of hydrogen-bond acceptors (Lipinski definition) is 6. The minimum absolute atomic E-state index is 0.172. The molecular weight excluding hydrogens is 422 g/mol. The number of carbonyl (C=O) groups excluding carboxylic acids is 2. The number of rotatable bonds is 6. The number of benzene rings is 1. The molecule has 0 spiro atoms. The van der Waals surface area contributed by atoms with E-state index in [0.717, 1.165) is 0 Å². The van der Waals surface area contributed by atoms with E-state index in [9.17, 15) is 35.9 Å². The molecule has 1 aromatic heterocycles. The lowest BCUT2D eigenvalue weighted by Gasteiger charge is -2.35. The van der Waals surface area contributed by atoms with E-state index in [1.54, 1.807) is 0 Å². The van der Waals surface area contributed by atoms with Crippen molar-refractivity contribution in [2.75, 3.05) is 11.9 Å². The molecule has 1 heterocycles. The highest BCUT2D eigenvalue weighted by Crippen LogP contribution is 2.38. The van der Waals surface area contributed by atoms with E-state index in [2.05, 4.69) is 14.7 Å². The van der Waals surface area contributed by atoms with E-state index in [-0.39, 0.29) is 11.0 Å². The van der Waals surface area contributed by atoms with Crippen LogP contribution in [0.5, 0.6) is 0 Å². The fourth-order valence-electron chi connectivity index (χ4n) is 2.39. The van der Waals surface area contributed by atoms with Gasteiger partial charge in [0.1, 0.15) is 0 Å². The second kappa shape index (κ2) is 8.32. The Morgan fingerprint density at radius 1 is 1.00 bits per heavy atom. The Hall–Kier alpha value is -3.12. The molecule has 2 aromatic rings. The summed E-state index contributed by atoms with van der Waals surface area (Å²) in [5.41, 5.74) is -6.23. The molecule has 1 atom stereocenters. The maximum Gasteiger partial charge on any atom is 0.441 e. The summed E-state index contributed by atoms with van der Waals surface area (Å²) in [4.78, 5) is 30.9. The topological polar surface area (TPSA) is 93.2 Å². The van der Waals surface area contributed by atoms with Crippen LogP contribution in [-0.2, 0) is 20.5 Å². The van der Waals surface area contributed by atoms with Gasteiger partial charge in [0.2, 0.25) is 5.91 Å². The van der Waals surface area contributed by atoms with E-state index in [1.165, 1.54) is 48.7 Å². The first kappa shape index (κ1) is 23.2. The zero-order valence-electron chi connectivity index (χ0n) is 15.6. The van der Waals surface area contributed by atoms with Gasteiger partial charge in [-0.25, -0.2) is 14.8 Å². The smallest absolute Gasteiger partial charge is 0.441 e. The number of ether oxygens (including phenoxy) is 1. The summed E-state index contributed by atoms with van der Waals surface area (Å²) in [5.74, 6) is -4.72. The van der Waals surface area contributed by atoms with E-state index < -0.39 is 54.4 Å². The average molecular weight is 438 g/mol. The van der Waals surface area contributed by atoms with Gasteiger partial charge in [-0.15, -0.1) is 0 Å². The standard InChI is InChI=1S/C17H16F6N4O3/c1-3-11(28)26-15(17(21,22)23,14(29)30-4-2)27-13-12(16(18,19)20)24-9-7-5-6-8-10(9)25-13/h5-8H,3-4H2,1-2H3,(H,25,27)(H,26,28). The van der Waals surface area contributed by atoms with Crippen molar-refractivity contribution in [3.8, 4) is 0 Å². The van der Waals surface area contributed by atoms with Gasteiger partial charge in [-0.3, -0.25) is 4.79 Å². The van der Waals surface area contributed by atoms with Crippen LogP contribution in [0.2, 0.25) is 0 Å². The summed E-state index contributed by atoms with van der Waals surface area (Å²) in [6.07, 6.45) is -11.3. The second-order valence-corrected chi connectivity index (χ2v) is 5.90. The van der Waals surface area contributed by atoms with E-state index >= 15 is 0 Å². The van der Waals surface area contributed by atoms with Gasteiger partial charge in [-0.1, -0.05) is 19.1 Å². The molecule has 164 valence electrons. The van der Waals surface area contributed by atoms with Crippen LogP contribution in [0.1, 0.15) is 26.0 Å². The van der Waals surface area contributed by atoms with Gasteiger partial charge in [0.05, 0.1) is 17.6 Å². The van der Waals surface area contributed by atoms with E-state index in [1.807, 2.05) is 0 Å². The Bertz CT molecular complexity index is 947. The summed E-state index contributed by atoms with van der Waals surface area (Å²) in [7, 11) is 0. The predicted molar refractivity (Wildman–Crippen MR) is 92.0 cm³/mol. The number of aromatic nitrogens is 2. The van der Waals surface area contributed by atoms with Gasteiger partial charge in [-0.05, 0) is 19.1 Å². The molecule has 0 radical (unpaired) electrons. The summed E-state index contributed by atoms with van der Waals surface area (Å²) < 4.78 is 86.8. The van der Waals surface area contributed by atoms with Crippen LogP contribution >= 0.6 is 0 Å². The molecule has 0 aliphatic rings. The fraction of sp³-hybridized carbons (Fsp3) is 0.412. The molecule has 1 amide bonds. The summed E-state index contributed by atoms with van der Waals surface area (Å²) in [6.45, 7) is 1.85. The lowest BCUT2D eigenvalue weighted by molar-refractivity contribution is -0.208. The number of nitrogens with zero attached hydrogens (tertiary/aromatic N) is 2. The van der Waals surface area contributed by atoms with Gasteiger partial charge in [0.25, 0.3) is 0 Å². The molecule has 13 heteroatoms. The average Bonchev–Trinajstić information content (AvgIpc) is 2.65. The van der Waals surface area contributed by atoms with Crippen LogP contribution in [0.15, 0.2) is 24.3 Å². The summed E-state index contributed by atoms with van der Waals surface area (Å²) in [6, 6.07) is 5.15. The third-order valence-electron chi connectivity index (χ3n) is 3.80. The molecule has 0 saturated carbocycles. The number of esters is 1. The molecule has 0 aliphatic heterocycles. The van der Waals surface area contributed by atoms with Gasteiger partial charge in [0.15, 0.2) is 11.5 Å². The molecule has 0 aliphatic carbocycles. The lowest BCUT2D eigenvalue weighted by atomic mass is 10.1. The molecule has 1 unspecified atom stereocenters. The zero-order valence-corrected chi connectivity index (χ0v) is 15.6. The lowest BCUT2D eigenvalue weighted by Crippen LogP contribution is -2.69. The molecule has 0 fully saturated rings. The first-order valence-corrected chi connectivity index (χ1v) is 8.52. The highest BCUT2D eigenvalue weighted by molar-refractivity contribution is 5.91. The molecule has 2 rings (SSSR count). The highest BCUT2D eigenvalue weighted by Gasteiger charge is 2.64. The number of carbonyl (C=O) groups is 2. The number of nitrogens with one attached hydrogen (secondary N) is 2. The van der Waals surface area contributed by atoms with Gasteiger partial charge < -0.3 is 15.4 Å². The molecule has 0 bridgehead atoms. The van der Waals surface area contributed by atoms with Crippen LogP contribution in [-0.4, -0.2) is 40.3 Å². The Morgan fingerprint density at radius 2 is 1.57 bits per heavy atom. The maximum atomic E-state index is 14.0. The monoisotopic (exact) mass is 438 g/mol. The van der Waals surface area contributed by atoms with Gasteiger partial charge in [0, 0.05) is 6.42 Å². The number of halogens is 6. The normalized spacial score (nSPS) is 14.1. The molecule has 30 heavy (non-hydrogen) atoms. The number of alkyl halides is 6. The van der Waals surface area contributed by atoms with Crippen molar-refractivity contribution >= 4 is 28.7 Å². The minimum atomic E-state index is -5.60. The van der Waals surface area contributed by atoms with Crippen molar-refractivity contribution in [1.82, 2.24) is 15.3 Å². The van der Waals surface area contributed by atoms with Crippen LogP contribution < -0.4 is 10.6 Å². The van der Waals surface area contributed by atoms with Crippen molar-refractivity contribution in [3.05, 3.63) is 30.0 Å². The third-order valence-corrected chi connectivity index (χ3v) is 3.80. The number of para-hydroxylation sites is 2. The number of amides is 1. The molecule has 1 aromatic carbocycles. The van der Waals surface area contributed by atoms with Crippen molar-refractivity contribution in [1.29, 1.82) is 0 Å². The number of fused-ring (bicyclic) bond motifs is 1. The van der Waals surface area contributed by atoms with Crippen LogP contribution in [0.25, 0.3) is 11.0 Å². The quantitative estimate of drug-likeness (QED) is 0.408. The minimum Gasteiger partial charge on any atom is -0.463 e. The maximum absolute atomic E-state index is 14.0. The first-order valence-electron chi connectivity index (χ1n) is 8.52. The molecule has 2 N–H and O–H groups in total. The molecule has 7 nitrogen and oxygen atoms in total. The Morgan fingerprint density at radius 3 is 2.03 bits per heavy atom.